The van der Waals surface area contributed by atoms with Crippen LogP contribution in [0.15, 0.2) is 28.7 Å². The fourth-order valence-corrected chi connectivity index (χ4v) is 2.67. The van der Waals surface area contributed by atoms with Gasteiger partial charge in [-0.15, -0.1) is 0 Å². The molecule has 118 valence electrons. The molecule has 0 aromatic heterocycles. The van der Waals surface area contributed by atoms with E-state index in [9.17, 15) is 4.79 Å². The van der Waals surface area contributed by atoms with Gasteiger partial charge in [0.2, 0.25) is 5.91 Å². The second-order valence-electron chi connectivity index (χ2n) is 5.18. The molecule has 4 nitrogen and oxygen atoms in total. The first kappa shape index (κ1) is 18.1. The van der Waals surface area contributed by atoms with E-state index in [0.29, 0.717) is 6.61 Å². The van der Waals surface area contributed by atoms with E-state index in [0.717, 1.165) is 30.4 Å². The molecule has 0 aliphatic heterocycles. The third-order valence-electron chi connectivity index (χ3n) is 3.46. The van der Waals surface area contributed by atoms with E-state index in [1.165, 1.54) is 5.56 Å². The average molecular weight is 357 g/mol. The Morgan fingerprint density at radius 2 is 2.24 bits per heavy atom. The monoisotopic (exact) mass is 356 g/mol. The number of amides is 1. The van der Waals surface area contributed by atoms with Crippen LogP contribution in [0.4, 0.5) is 0 Å². The number of nitrogens with one attached hydrogen (secondary N) is 1. The molecule has 1 unspecified atom stereocenters. The second kappa shape index (κ2) is 9.92. The van der Waals surface area contributed by atoms with Crippen molar-refractivity contribution in [2.24, 2.45) is 5.92 Å². The Hall–Kier alpha value is -0.910. The lowest BCUT2D eigenvalue weighted by atomic mass is 9.95. The number of benzene rings is 1. The fraction of sp³-hybridized carbons (Fsp3) is 0.562. The number of nitrogens with zero attached hydrogens (tertiary/aromatic N) is 1. The third kappa shape index (κ3) is 6.59. The average Bonchev–Trinajstić information content (AvgIpc) is 2.48. The van der Waals surface area contributed by atoms with Crippen LogP contribution in [0.5, 0.6) is 0 Å². The van der Waals surface area contributed by atoms with Gasteiger partial charge in [-0.05, 0) is 37.6 Å². The molecule has 21 heavy (non-hydrogen) atoms. The molecule has 0 aliphatic rings. The van der Waals surface area contributed by atoms with E-state index in [1.807, 2.05) is 26.2 Å². The van der Waals surface area contributed by atoms with E-state index < -0.39 is 0 Å². The molecule has 1 amide bonds. The maximum Gasteiger partial charge on any atom is 0.225 e. The standard InChI is InChI=1S/C16H25BrN2O2/c1-18-8-9-19(2)16(20)14(7-10-21-3)11-13-5-4-6-15(17)12-13/h4-6,12,14,18H,7-11H2,1-3H3. The van der Waals surface area contributed by atoms with Gasteiger partial charge in [0.25, 0.3) is 0 Å². The number of carbonyl (C=O) groups excluding carboxylic acids is 1. The highest BCUT2D eigenvalue weighted by Gasteiger charge is 2.22. The van der Waals surface area contributed by atoms with Crippen LogP contribution in [0, 0.1) is 5.92 Å². The van der Waals surface area contributed by atoms with Crippen molar-refractivity contribution in [1.82, 2.24) is 10.2 Å². The predicted molar refractivity (Wildman–Crippen MR) is 89.4 cm³/mol. The second-order valence-corrected chi connectivity index (χ2v) is 6.09. The Balaban J connectivity index is 2.72. The zero-order valence-corrected chi connectivity index (χ0v) is 14.6. The minimum atomic E-state index is -0.0406. The predicted octanol–water partition coefficient (Wildman–Crippen LogP) is 2.32. The van der Waals surface area contributed by atoms with E-state index in [2.05, 4.69) is 33.4 Å². The van der Waals surface area contributed by atoms with Crippen molar-refractivity contribution in [1.29, 1.82) is 0 Å². The molecule has 0 radical (unpaired) electrons. The van der Waals surface area contributed by atoms with Crippen molar-refractivity contribution in [3.63, 3.8) is 0 Å². The van der Waals surface area contributed by atoms with Gasteiger partial charge >= 0.3 is 0 Å². The molecule has 0 aliphatic carbocycles. The molecular formula is C16H25BrN2O2. The largest absolute Gasteiger partial charge is 0.385 e. The summed E-state index contributed by atoms with van der Waals surface area (Å²) < 4.78 is 6.20. The molecule has 0 saturated heterocycles. The molecule has 0 bridgehead atoms. The molecule has 1 rings (SSSR count). The number of rotatable bonds is 9. The first-order valence-electron chi connectivity index (χ1n) is 7.21. The normalized spacial score (nSPS) is 12.2. The lowest BCUT2D eigenvalue weighted by Crippen LogP contribution is -2.38. The summed E-state index contributed by atoms with van der Waals surface area (Å²) >= 11 is 3.48. The Morgan fingerprint density at radius 3 is 2.86 bits per heavy atom. The highest BCUT2D eigenvalue weighted by atomic mass is 79.9. The zero-order valence-electron chi connectivity index (χ0n) is 13.1. The van der Waals surface area contributed by atoms with Crippen LogP contribution < -0.4 is 5.32 Å². The van der Waals surface area contributed by atoms with Crippen LogP contribution in [-0.4, -0.2) is 51.7 Å². The minimum absolute atomic E-state index is 0.0406. The number of halogens is 1. The van der Waals surface area contributed by atoms with Crippen LogP contribution >= 0.6 is 15.9 Å². The summed E-state index contributed by atoms with van der Waals surface area (Å²) in [5, 5.41) is 3.07. The van der Waals surface area contributed by atoms with Crippen molar-refractivity contribution < 1.29 is 9.53 Å². The topological polar surface area (TPSA) is 41.6 Å². The van der Waals surface area contributed by atoms with Gasteiger partial charge in [-0.3, -0.25) is 4.79 Å². The number of carbonyl (C=O) groups is 1. The summed E-state index contributed by atoms with van der Waals surface area (Å²) in [5.74, 6) is 0.142. The summed E-state index contributed by atoms with van der Waals surface area (Å²) in [6.07, 6.45) is 1.48. The van der Waals surface area contributed by atoms with Gasteiger partial charge in [-0.2, -0.15) is 0 Å². The summed E-state index contributed by atoms with van der Waals surface area (Å²) in [4.78, 5) is 14.4. The molecule has 1 atom stereocenters. The number of methoxy groups -OCH3 is 1. The highest BCUT2D eigenvalue weighted by Crippen LogP contribution is 2.18. The van der Waals surface area contributed by atoms with Crippen molar-refractivity contribution >= 4 is 21.8 Å². The molecule has 0 saturated carbocycles. The molecular weight excluding hydrogens is 332 g/mol. The SMILES string of the molecule is CNCCN(C)C(=O)C(CCOC)Cc1cccc(Br)c1. The molecule has 0 spiro atoms. The molecule has 0 heterocycles. The summed E-state index contributed by atoms with van der Waals surface area (Å²) in [7, 11) is 5.42. The molecule has 1 aromatic carbocycles. The summed E-state index contributed by atoms with van der Waals surface area (Å²) in [5.41, 5.74) is 1.17. The quantitative estimate of drug-likeness (QED) is 0.738. The highest BCUT2D eigenvalue weighted by molar-refractivity contribution is 9.10. The summed E-state index contributed by atoms with van der Waals surface area (Å²) in [6, 6.07) is 8.13. The number of ether oxygens (including phenoxy) is 1. The van der Waals surface area contributed by atoms with Gasteiger partial charge < -0.3 is 15.0 Å². The Bertz CT molecular complexity index is 440. The van der Waals surface area contributed by atoms with Crippen molar-refractivity contribution in [3.05, 3.63) is 34.3 Å². The van der Waals surface area contributed by atoms with Crippen LogP contribution in [0.3, 0.4) is 0 Å². The van der Waals surface area contributed by atoms with Gasteiger partial charge in [0, 0.05) is 44.2 Å². The third-order valence-corrected chi connectivity index (χ3v) is 3.96. The van der Waals surface area contributed by atoms with Crippen LogP contribution in [0.2, 0.25) is 0 Å². The van der Waals surface area contributed by atoms with E-state index in [-0.39, 0.29) is 11.8 Å². The number of hydrogen-bond acceptors (Lipinski definition) is 3. The molecule has 5 heteroatoms. The van der Waals surface area contributed by atoms with Crippen molar-refractivity contribution in [3.8, 4) is 0 Å². The van der Waals surface area contributed by atoms with E-state index in [4.69, 9.17) is 4.74 Å². The first-order chi connectivity index (χ1) is 10.1. The lowest BCUT2D eigenvalue weighted by molar-refractivity contribution is -0.134. The molecule has 1 aromatic rings. The van der Waals surface area contributed by atoms with Gasteiger partial charge in [0.05, 0.1) is 0 Å². The molecule has 1 N–H and O–H groups in total. The fourth-order valence-electron chi connectivity index (χ4n) is 2.22. The zero-order chi connectivity index (χ0) is 15.7. The summed E-state index contributed by atoms with van der Waals surface area (Å²) in [6.45, 7) is 2.12. The Morgan fingerprint density at radius 1 is 1.48 bits per heavy atom. The number of likely N-dealkylation sites (N-methyl/N-ethyl adjacent to an activating group) is 2. The van der Waals surface area contributed by atoms with Crippen molar-refractivity contribution in [2.75, 3.05) is 40.9 Å². The van der Waals surface area contributed by atoms with Gasteiger partial charge in [0.1, 0.15) is 0 Å². The lowest BCUT2D eigenvalue weighted by Gasteiger charge is -2.24. The van der Waals surface area contributed by atoms with Gasteiger partial charge in [-0.25, -0.2) is 0 Å². The van der Waals surface area contributed by atoms with E-state index >= 15 is 0 Å². The maximum atomic E-state index is 12.6. The van der Waals surface area contributed by atoms with Crippen LogP contribution in [0.25, 0.3) is 0 Å². The van der Waals surface area contributed by atoms with E-state index in [1.54, 1.807) is 12.0 Å². The van der Waals surface area contributed by atoms with Crippen LogP contribution in [-0.2, 0) is 16.0 Å². The van der Waals surface area contributed by atoms with Gasteiger partial charge in [-0.1, -0.05) is 28.1 Å². The van der Waals surface area contributed by atoms with Crippen LogP contribution in [0.1, 0.15) is 12.0 Å². The Kier molecular flexibility index (Phi) is 8.57. The van der Waals surface area contributed by atoms with Crippen molar-refractivity contribution in [2.45, 2.75) is 12.8 Å². The minimum Gasteiger partial charge on any atom is -0.385 e. The van der Waals surface area contributed by atoms with Gasteiger partial charge in [0.15, 0.2) is 0 Å². The number of hydrogen-bond donors (Lipinski definition) is 1. The molecule has 0 fully saturated rings. The first-order valence-corrected chi connectivity index (χ1v) is 8.00. The Labute approximate surface area is 136 Å². The maximum absolute atomic E-state index is 12.6. The smallest absolute Gasteiger partial charge is 0.225 e.